The number of esters is 1. The predicted octanol–water partition coefficient (Wildman–Crippen LogP) is 2.13. The number of allylic oxidation sites excluding steroid dienone is 1. The van der Waals surface area contributed by atoms with Crippen LogP contribution in [-0.2, 0) is 23.6 Å². The fourth-order valence-corrected chi connectivity index (χ4v) is 5.56. The molecule has 0 saturated heterocycles. The summed E-state index contributed by atoms with van der Waals surface area (Å²) in [5.41, 5.74) is 3.06. The second kappa shape index (κ2) is 8.87. The van der Waals surface area contributed by atoms with Gasteiger partial charge in [-0.2, -0.15) is 0 Å². The summed E-state index contributed by atoms with van der Waals surface area (Å²) in [5.74, 6) is -0.993. The summed E-state index contributed by atoms with van der Waals surface area (Å²) >= 11 is 1.20. The van der Waals surface area contributed by atoms with Crippen molar-refractivity contribution in [1.29, 1.82) is 0 Å². The predicted molar refractivity (Wildman–Crippen MR) is 135 cm³/mol. The van der Waals surface area contributed by atoms with Crippen LogP contribution < -0.4 is 20.6 Å². The molecule has 1 atom stereocenters. The third-order valence-corrected chi connectivity index (χ3v) is 7.28. The lowest BCUT2D eigenvalue weighted by molar-refractivity contribution is -0.139. The molecule has 1 aliphatic heterocycles. The zero-order chi connectivity index (χ0) is 25.7. The zero-order valence-electron chi connectivity index (χ0n) is 20.1. The molecule has 0 radical (unpaired) electrons. The number of halogens is 1. The lowest BCUT2D eigenvalue weighted by Gasteiger charge is -2.24. The molecule has 3 heterocycles. The number of rotatable bonds is 4. The molecule has 0 N–H and O–H groups in total. The number of benzene rings is 2. The van der Waals surface area contributed by atoms with E-state index in [0.717, 1.165) is 16.6 Å². The van der Waals surface area contributed by atoms with Gasteiger partial charge < -0.3 is 4.74 Å². The van der Waals surface area contributed by atoms with Crippen LogP contribution in [0.4, 0.5) is 4.39 Å². The normalized spacial score (nSPS) is 15.8. The first kappa shape index (κ1) is 23.7. The Labute approximate surface area is 208 Å². The number of aromatic nitrogens is 3. The summed E-state index contributed by atoms with van der Waals surface area (Å²) in [4.78, 5) is 43.8. The number of thiazole rings is 1. The van der Waals surface area contributed by atoms with Crippen molar-refractivity contribution in [2.75, 3.05) is 6.61 Å². The summed E-state index contributed by atoms with van der Waals surface area (Å²) in [5, 5.41) is 0. The summed E-state index contributed by atoms with van der Waals surface area (Å²) in [6.45, 7) is 3.57. The maximum Gasteiger partial charge on any atom is 0.338 e. The third-order valence-electron chi connectivity index (χ3n) is 6.30. The third kappa shape index (κ3) is 3.74. The van der Waals surface area contributed by atoms with E-state index in [1.165, 1.54) is 28.0 Å². The van der Waals surface area contributed by atoms with Crippen LogP contribution >= 0.6 is 11.3 Å². The standard InChI is InChI=1S/C26H23FN4O4S/c1-5-35-24(33)21-14(2)28-25-31(22(21)16-7-9-17(27)10-8-16)23(32)20(36-25)13-15-6-11-18-19(12-15)30(4)26(34)29(18)3/h6-13,22H,5H2,1-4H3/b20-13+/t22-/m1/s1. The van der Waals surface area contributed by atoms with Gasteiger partial charge in [-0.15, -0.1) is 0 Å². The number of carbonyl (C=O) groups is 1. The Morgan fingerprint density at radius 1 is 1.11 bits per heavy atom. The van der Waals surface area contributed by atoms with Gasteiger partial charge in [-0.1, -0.05) is 29.5 Å². The number of nitrogens with zero attached hydrogens (tertiary/aromatic N) is 4. The Kier molecular flexibility index (Phi) is 5.83. The molecule has 0 saturated carbocycles. The number of hydrogen-bond donors (Lipinski definition) is 0. The van der Waals surface area contributed by atoms with E-state index in [-0.39, 0.29) is 23.4 Å². The lowest BCUT2D eigenvalue weighted by atomic mass is 9.96. The summed E-state index contributed by atoms with van der Waals surface area (Å²) < 4.78 is 23.9. The zero-order valence-corrected chi connectivity index (χ0v) is 20.9. The minimum Gasteiger partial charge on any atom is -0.463 e. The van der Waals surface area contributed by atoms with Crippen molar-refractivity contribution < 1.29 is 13.9 Å². The van der Waals surface area contributed by atoms with Gasteiger partial charge in [0.25, 0.3) is 5.56 Å². The molecule has 0 unspecified atom stereocenters. The summed E-state index contributed by atoms with van der Waals surface area (Å²) in [7, 11) is 3.41. The van der Waals surface area contributed by atoms with Crippen LogP contribution in [-0.4, -0.2) is 26.3 Å². The van der Waals surface area contributed by atoms with E-state index in [4.69, 9.17) is 4.74 Å². The molecule has 0 aliphatic carbocycles. The SMILES string of the molecule is CCOC(=O)C1=C(C)N=c2s/c(=C/c3ccc4c(c3)n(C)c(=O)n4C)c(=O)n2[C@@H]1c1ccc(F)cc1. The Morgan fingerprint density at radius 2 is 1.81 bits per heavy atom. The number of imidazole rings is 1. The molecule has 8 nitrogen and oxygen atoms in total. The monoisotopic (exact) mass is 506 g/mol. The molecule has 0 fully saturated rings. The van der Waals surface area contributed by atoms with Crippen LogP contribution in [0.3, 0.4) is 0 Å². The molecule has 1 aliphatic rings. The molecule has 0 spiro atoms. The molecule has 184 valence electrons. The van der Waals surface area contributed by atoms with Gasteiger partial charge in [0.05, 0.1) is 39.5 Å². The van der Waals surface area contributed by atoms with E-state index >= 15 is 0 Å². The van der Waals surface area contributed by atoms with Gasteiger partial charge in [-0.25, -0.2) is 19.0 Å². The molecule has 0 bridgehead atoms. The van der Waals surface area contributed by atoms with E-state index in [2.05, 4.69) is 4.99 Å². The van der Waals surface area contributed by atoms with Crippen LogP contribution in [0.2, 0.25) is 0 Å². The number of fused-ring (bicyclic) bond motifs is 2. The molecular formula is C26H23FN4O4S. The van der Waals surface area contributed by atoms with Gasteiger partial charge in [0.15, 0.2) is 4.80 Å². The molecule has 2 aromatic carbocycles. The number of ether oxygens (including phenoxy) is 1. The molecule has 36 heavy (non-hydrogen) atoms. The molecule has 5 rings (SSSR count). The quantitative estimate of drug-likeness (QED) is 0.397. The van der Waals surface area contributed by atoms with E-state index in [9.17, 15) is 18.8 Å². The Balaban J connectivity index is 1.72. The first-order valence-electron chi connectivity index (χ1n) is 11.3. The fraction of sp³-hybridized carbons (Fsp3) is 0.231. The van der Waals surface area contributed by atoms with Gasteiger partial charge >= 0.3 is 11.7 Å². The maximum absolute atomic E-state index is 13.7. The van der Waals surface area contributed by atoms with E-state index in [0.29, 0.717) is 20.6 Å². The average Bonchev–Trinajstić information content (AvgIpc) is 3.27. The average molecular weight is 507 g/mol. The Morgan fingerprint density at radius 3 is 2.50 bits per heavy atom. The van der Waals surface area contributed by atoms with E-state index in [1.807, 2.05) is 18.2 Å². The van der Waals surface area contributed by atoms with Crippen molar-refractivity contribution in [3.05, 3.63) is 101 Å². The smallest absolute Gasteiger partial charge is 0.338 e. The minimum absolute atomic E-state index is 0.136. The molecule has 4 aromatic rings. The number of hydrogen-bond acceptors (Lipinski definition) is 6. The van der Waals surface area contributed by atoms with Crippen molar-refractivity contribution >= 4 is 34.4 Å². The molecule has 2 aromatic heterocycles. The first-order chi connectivity index (χ1) is 17.2. The van der Waals surface area contributed by atoms with Crippen molar-refractivity contribution in [3.8, 4) is 0 Å². The van der Waals surface area contributed by atoms with E-state index < -0.39 is 17.8 Å². The van der Waals surface area contributed by atoms with Crippen molar-refractivity contribution in [1.82, 2.24) is 13.7 Å². The van der Waals surface area contributed by atoms with Gasteiger partial charge in [0.2, 0.25) is 0 Å². The van der Waals surface area contributed by atoms with Crippen LogP contribution in [0.15, 0.2) is 68.3 Å². The number of carbonyl (C=O) groups excluding carboxylic acids is 1. The van der Waals surface area contributed by atoms with Crippen LogP contribution in [0.25, 0.3) is 17.1 Å². The van der Waals surface area contributed by atoms with Crippen molar-refractivity contribution in [2.24, 2.45) is 19.1 Å². The van der Waals surface area contributed by atoms with Crippen molar-refractivity contribution in [2.45, 2.75) is 19.9 Å². The highest BCUT2D eigenvalue weighted by Gasteiger charge is 2.33. The topological polar surface area (TPSA) is 87.6 Å². The highest BCUT2D eigenvalue weighted by Crippen LogP contribution is 2.30. The van der Waals surface area contributed by atoms with Gasteiger partial charge in [-0.05, 0) is 55.3 Å². The first-order valence-corrected chi connectivity index (χ1v) is 12.1. The lowest BCUT2D eigenvalue weighted by Crippen LogP contribution is -2.39. The summed E-state index contributed by atoms with van der Waals surface area (Å²) in [6, 6.07) is 10.4. The molecule has 10 heteroatoms. The second-order valence-corrected chi connectivity index (χ2v) is 9.51. The Hall–Kier alpha value is -4.05. The highest BCUT2D eigenvalue weighted by atomic mass is 32.1. The second-order valence-electron chi connectivity index (χ2n) is 8.50. The minimum atomic E-state index is -0.805. The fourth-order valence-electron chi connectivity index (χ4n) is 4.52. The summed E-state index contributed by atoms with van der Waals surface area (Å²) in [6.07, 6.45) is 1.74. The van der Waals surface area contributed by atoms with Crippen molar-refractivity contribution in [3.63, 3.8) is 0 Å². The van der Waals surface area contributed by atoms with Crippen LogP contribution in [0, 0.1) is 5.82 Å². The van der Waals surface area contributed by atoms with Gasteiger partial charge in [0, 0.05) is 14.1 Å². The van der Waals surface area contributed by atoms with Crippen LogP contribution in [0.1, 0.15) is 31.0 Å². The number of aryl methyl sites for hydroxylation is 2. The molecular weight excluding hydrogens is 483 g/mol. The highest BCUT2D eigenvalue weighted by molar-refractivity contribution is 7.07. The Bertz CT molecular complexity index is 1810. The van der Waals surface area contributed by atoms with E-state index in [1.54, 1.807) is 55.3 Å². The van der Waals surface area contributed by atoms with Gasteiger partial charge in [-0.3, -0.25) is 18.5 Å². The largest absolute Gasteiger partial charge is 0.463 e. The van der Waals surface area contributed by atoms with Gasteiger partial charge in [0.1, 0.15) is 5.82 Å². The molecule has 0 amide bonds. The maximum atomic E-state index is 13.7. The van der Waals surface area contributed by atoms with Crippen LogP contribution in [0.5, 0.6) is 0 Å².